The first kappa shape index (κ1) is 17.4. The van der Waals surface area contributed by atoms with Crippen LogP contribution in [0.3, 0.4) is 0 Å². The molecule has 2 aromatic carbocycles. The van der Waals surface area contributed by atoms with Gasteiger partial charge < -0.3 is 15.0 Å². The lowest BCUT2D eigenvalue weighted by molar-refractivity contribution is -0.435. The molecule has 0 heterocycles. The summed E-state index contributed by atoms with van der Waals surface area (Å²) in [5, 5.41) is 17.2. The SMILES string of the molecule is CN(C)c1ccc(N=[N+]([O-])c2ccc(N(C)C)c(Cl)c2)cc1Cl. The highest BCUT2D eigenvalue weighted by Crippen LogP contribution is 2.31. The molecule has 0 aliphatic rings. The van der Waals surface area contributed by atoms with Gasteiger partial charge in [-0.2, -0.15) is 0 Å². The molecule has 0 amide bonds. The van der Waals surface area contributed by atoms with Gasteiger partial charge in [-0.1, -0.05) is 28.1 Å². The number of hydrogen-bond acceptors (Lipinski definition) is 4. The highest BCUT2D eigenvalue weighted by atomic mass is 35.5. The summed E-state index contributed by atoms with van der Waals surface area (Å²) in [4.78, 5) is 4.30. The molecule has 0 aliphatic heterocycles. The molecule has 0 N–H and O–H groups in total. The van der Waals surface area contributed by atoms with Crippen LogP contribution in [-0.2, 0) is 0 Å². The monoisotopic (exact) mass is 352 g/mol. The number of azo groups is 1. The molecule has 122 valence electrons. The van der Waals surface area contributed by atoms with Gasteiger partial charge in [0.1, 0.15) is 5.69 Å². The number of nitrogens with zero attached hydrogens (tertiary/aromatic N) is 4. The molecule has 7 heteroatoms. The van der Waals surface area contributed by atoms with E-state index in [0.717, 1.165) is 11.4 Å². The van der Waals surface area contributed by atoms with Gasteiger partial charge in [-0.3, -0.25) is 0 Å². The molecule has 0 bridgehead atoms. The molecule has 0 saturated carbocycles. The molecule has 0 saturated heterocycles. The van der Waals surface area contributed by atoms with Crippen LogP contribution in [0.4, 0.5) is 22.7 Å². The number of hydrogen-bond donors (Lipinski definition) is 0. The van der Waals surface area contributed by atoms with Crippen molar-refractivity contribution in [2.24, 2.45) is 5.11 Å². The third-order valence-electron chi connectivity index (χ3n) is 3.25. The van der Waals surface area contributed by atoms with Crippen molar-refractivity contribution in [3.8, 4) is 0 Å². The van der Waals surface area contributed by atoms with Gasteiger partial charge in [0.2, 0.25) is 5.69 Å². The van der Waals surface area contributed by atoms with Gasteiger partial charge in [0, 0.05) is 45.4 Å². The minimum atomic E-state index is 0.355. The van der Waals surface area contributed by atoms with Crippen molar-refractivity contribution >= 4 is 46.0 Å². The Bertz CT molecular complexity index is 745. The standard InChI is InChI=1S/C16H18Cl2N4O/c1-20(2)15-7-5-11(9-13(15)17)19-22(23)12-6-8-16(21(3)4)14(18)10-12/h5-10H,1-4H3. The fourth-order valence-corrected chi connectivity index (χ4v) is 2.75. The molecule has 0 aromatic heterocycles. The molecule has 5 nitrogen and oxygen atoms in total. The van der Waals surface area contributed by atoms with Crippen LogP contribution in [0.5, 0.6) is 0 Å². The van der Waals surface area contributed by atoms with Crippen molar-refractivity contribution in [3.05, 3.63) is 51.7 Å². The zero-order chi connectivity index (χ0) is 17.1. The Labute approximate surface area is 145 Å². The molecule has 0 spiro atoms. The second-order valence-electron chi connectivity index (χ2n) is 5.43. The van der Waals surface area contributed by atoms with E-state index in [4.69, 9.17) is 23.2 Å². The number of rotatable bonds is 4. The number of benzene rings is 2. The zero-order valence-electron chi connectivity index (χ0n) is 13.4. The van der Waals surface area contributed by atoms with E-state index in [2.05, 4.69) is 5.11 Å². The summed E-state index contributed by atoms with van der Waals surface area (Å²) in [5.74, 6) is 0. The Morgan fingerprint density at radius 1 is 0.870 bits per heavy atom. The summed E-state index contributed by atoms with van der Waals surface area (Å²) in [5.41, 5.74) is 2.53. The molecule has 0 atom stereocenters. The first-order chi connectivity index (χ1) is 10.8. The van der Waals surface area contributed by atoms with Crippen molar-refractivity contribution in [2.75, 3.05) is 38.0 Å². The van der Waals surface area contributed by atoms with Gasteiger partial charge in [0.05, 0.1) is 21.4 Å². The average molecular weight is 353 g/mol. The van der Waals surface area contributed by atoms with Gasteiger partial charge in [-0.15, -0.1) is 0 Å². The first-order valence-electron chi connectivity index (χ1n) is 6.92. The molecule has 2 aromatic rings. The molecule has 0 fully saturated rings. The second kappa shape index (κ2) is 7.06. The minimum Gasteiger partial charge on any atom is -0.594 e. The van der Waals surface area contributed by atoms with E-state index in [-0.39, 0.29) is 0 Å². The van der Waals surface area contributed by atoms with Crippen molar-refractivity contribution in [1.82, 2.24) is 0 Å². The van der Waals surface area contributed by atoms with Crippen LogP contribution in [0.15, 0.2) is 41.5 Å². The van der Waals surface area contributed by atoms with Crippen LogP contribution in [0, 0.1) is 5.21 Å². The maximum Gasteiger partial charge on any atom is 0.246 e. The Hall–Kier alpha value is -1.98. The van der Waals surface area contributed by atoms with Crippen molar-refractivity contribution in [1.29, 1.82) is 0 Å². The smallest absolute Gasteiger partial charge is 0.246 e. The summed E-state index contributed by atoms with van der Waals surface area (Å²) in [6.07, 6.45) is 0. The van der Waals surface area contributed by atoms with E-state index < -0.39 is 0 Å². The van der Waals surface area contributed by atoms with Crippen LogP contribution < -0.4 is 9.80 Å². The molecule has 0 unspecified atom stereocenters. The predicted molar refractivity (Wildman–Crippen MR) is 96.9 cm³/mol. The fourth-order valence-electron chi connectivity index (χ4n) is 2.06. The molecular weight excluding hydrogens is 335 g/mol. The predicted octanol–water partition coefficient (Wildman–Crippen LogP) is 5.05. The van der Waals surface area contributed by atoms with Crippen molar-refractivity contribution in [3.63, 3.8) is 0 Å². The summed E-state index contributed by atoms with van der Waals surface area (Å²) < 4.78 is 0. The van der Waals surface area contributed by atoms with E-state index in [1.807, 2.05) is 44.1 Å². The lowest BCUT2D eigenvalue weighted by Gasteiger charge is -2.14. The molecule has 2 rings (SSSR count). The highest BCUT2D eigenvalue weighted by Gasteiger charge is 2.11. The molecular formula is C16H18Cl2N4O. The summed E-state index contributed by atoms with van der Waals surface area (Å²) in [6, 6.07) is 10.2. The van der Waals surface area contributed by atoms with Crippen molar-refractivity contribution in [2.45, 2.75) is 0 Å². The topological polar surface area (TPSA) is 44.9 Å². The lowest BCUT2D eigenvalue weighted by Crippen LogP contribution is -2.09. The average Bonchev–Trinajstić information content (AvgIpc) is 2.46. The van der Waals surface area contributed by atoms with Crippen LogP contribution in [-0.4, -0.2) is 33.1 Å². The van der Waals surface area contributed by atoms with E-state index in [1.165, 1.54) is 0 Å². The summed E-state index contributed by atoms with van der Waals surface area (Å²) in [7, 11) is 7.56. The third-order valence-corrected chi connectivity index (χ3v) is 3.86. The second-order valence-corrected chi connectivity index (χ2v) is 6.25. The zero-order valence-corrected chi connectivity index (χ0v) is 14.9. The lowest BCUT2D eigenvalue weighted by atomic mass is 10.2. The Morgan fingerprint density at radius 3 is 1.87 bits per heavy atom. The third kappa shape index (κ3) is 4.06. The minimum absolute atomic E-state index is 0.355. The van der Waals surface area contributed by atoms with Gasteiger partial charge >= 0.3 is 0 Å². The van der Waals surface area contributed by atoms with Crippen LogP contribution >= 0.6 is 23.2 Å². The van der Waals surface area contributed by atoms with E-state index in [9.17, 15) is 5.21 Å². The summed E-state index contributed by atoms with van der Waals surface area (Å²) in [6.45, 7) is 0. The Balaban J connectivity index is 2.33. The van der Waals surface area contributed by atoms with Crippen LogP contribution in [0.25, 0.3) is 0 Å². The maximum atomic E-state index is 12.2. The fraction of sp³-hybridized carbons (Fsp3) is 0.250. The Morgan fingerprint density at radius 2 is 1.39 bits per heavy atom. The van der Waals surface area contributed by atoms with Crippen LogP contribution in [0.2, 0.25) is 10.0 Å². The van der Waals surface area contributed by atoms with Gasteiger partial charge in [0.25, 0.3) is 0 Å². The number of anilines is 2. The highest BCUT2D eigenvalue weighted by molar-refractivity contribution is 6.33. The quantitative estimate of drug-likeness (QED) is 0.439. The summed E-state index contributed by atoms with van der Waals surface area (Å²) >= 11 is 12.4. The molecule has 0 aliphatic carbocycles. The van der Waals surface area contributed by atoms with Gasteiger partial charge in [0.15, 0.2) is 0 Å². The van der Waals surface area contributed by atoms with Crippen LogP contribution in [0.1, 0.15) is 0 Å². The van der Waals surface area contributed by atoms with Gasteiger partial charge in [-0.05, 0) is 24.3 Å². The van der Waals surface area contributed by atoms with E-state index >= 15 is 0 Å². The van der Waals surface area contributed by atoms with Gasteiger partial charge in [-0.25, -0.2) is 0 Å². The molecule has 0 radical (unpaired) electrons. The first-order valence-corrected chi connectivity index (χ1v) is 7.68. The van der Waals surface area contributed by atoms with Crippen molar-refractivity contribution < 1.29 is 4.86 Å². The molecule has 23 heavy (non-hydrogen) atoms. The Kier molecular flexibility index (Phi) is 5.34. The maximum absolute atomic E-state index is 12.2. The number of halogens is 2. The van der Waals surface area contributed by atoms with E-state index in [1.54, 1.807) is 30.3 Å². The largest absolute Gasteiger partial charge is 0.594 e. The van der Waals surface area contributed by atoms with E-state index in [0.29, 0.717) is 26.3 Å². The normalized spacial score (nSPS) is 11.5.